The predicted octanol–water partition coefficient (Wildman–Crippen LogP) is 5.25. The van der Waals surface area contributed by atoms with E-state index in [0.29, 0.717) is 25.3 Å². The van der Waals surface area contributed by atoms with E-state index in [1.54, 1.807) is 11.6 Å². The molecule has 1 N–H and O–H groups in total. The molecule has 0 saturated carbocycles. The molecule has 2 aromatic rings. The number of aryl methyl sites for hydroxylation is 3. The van der Waals surface area contributed by atoms with Crippen LogP contribution in [0.1, 0.15) is 70.2 Å². The molecule has 0 spiro atoms. The first kappa shape index (κ1) is 30.5. The molecule has 1 aliphatic heterocycles. The summed E-state index contributed by atoms with van der Waals surface area (Å²) in [5, 5.41) is 3.38. The van der Waals surface area contributed by atoms with Gasteiger partial charge in [0.1, 0.15) is 12.1 Å². The number of nitrogens with one attached hydrogen (secondary N) is 1. The zero-order chi connectivity index (χ0) is 27.7. The van der Waals surface area contributed by atoms with Crippen LogP contribution in [-0.2, 0) is 27.9 Å². The molecule has 7 heteroatoms. The van der Waals surface area contributed by atoms with E-state index in [2.05, 4.69) is 37.4 Å². The third-order valence-corrected chi connectivity index (χ3v) is 6.34. The minimum atomic E-state index is -0.399. The van der Waals surface area contributed by atoms with Gasteiger partial charge in [0.15, 0.2) is 0 Å². The summed E-state index contributed by atoms with van der Waals surface area (Å²) in [6.07, 6.45) is 2.45. The predicted molar refractivity (Wildman–Crippen MR) is 151 cm³/mol. The number of pyridine rings is 1. The van der Waals surface area contributed by atoms with Crippen molar-refractivity contribution in [1.29, 1.82) is 0 Å². The second-order valence-corrected chi connectivity index (χ2v) is 10.1. The summed E-state index contributed by atoms with van der Waals surface area (Å²) >= 11 is 0. The number of carbonyl (C=O) groups is 1. The molecule has 204 valence electrons. The van der Waals surface area contributed by atoms with Crippen LogP contribution in [0.5, 0.6) is 0 Å². The van der Waals surface area contributed by atoms with Crippen LogP contribution >= 0.6 is 0 Å². The Hall–Kier alpha value is -2.77. The smallest absolute Gasteiger partial charge is 0.323 e. The van der Waals surface area contributed by atoms with Gasteiger partial charge in [-0.1, -0.05) is 53.7 Å². The summed E-state index contributed by atoms with van der Waals surface area (Å²) in [5.41, 5.74) is 5.56. The molecule has 0 bridgehead atoms. The fourth-order valence-corrected chi connectivity index (χ4v) is 4.22. The molecule has 2 atom stereocenters. The minimum Gasteiger partial charge on any atom is -0.459 e. The maximum atomic E-state index is 12.8. The highest BCUT2D eigenvalue weighted by Crippen LogP contribution is 2.24. The third kappa shape index (κ3) is 8.37. The van der Waals surface area contributed by atoms with Gasteiger partial charge < -0.3 is 19.4 Å². The van der Waals surface area contributed by atoms with Gasteiger partial charge in [-0.2, -0.15) is 0 Å². The molecule has 0 radical (unpaired) electrons. The SMILES string of the molecule is CC.Cc1ccc(CNC(C(=O)OC2CCOC2)C(C)C)cc1N=C(c1cc(C)c(=O)n(C)c1)C(C)C. The number of esters is 1. The second-order valence-electron chi connectivity index (χ2n) is 10.1. The van der Waals surface area contributed by atoms with Crippen LogP contribution in [-0.4, -0.2) is 41.6 Å². The maximum Gasteiger partial charge on any atom is 0.323 e. The highest BCUT2D eigenvalue weighted by molar-refractivity contribution is 6.03. The lowest BCUT2D eigenvalue weighted by atomic mass is 9.99. The summed E-state index contributed by atoms with van der Waals surface area (Å²) in [6.45, 7) is 17.7. The van der Waals surface area contributed by atoms with Crippen LogP contribution in [0.2, 0.25) is 0 Å². The Morgan fingerprint density at radius 3 is 2.43 bits per heavy atom. The summed E-state index contributed by atoms with van der Waals surface area (Å²) in [5.74, 6) is 0.0361. The van der Waals surface area contributed by atoms with Crippen molar-refractivity contribution in [2.75, 3.05) is 13.2 Å². The Bertz CT molecular complexity index is 1100. The normalized spacial score (nSPS) is 16.5. The van der Waals surface area contributed by atoms with E-state index in [1.165, 1.54) is 0 Å². The molecule has 1 fully saturated rings. The lowest BCUT2D eigenvalue weighted by molar-refractivity contribution is -0.152. The largest absolute Gasteiger partial charge is 0.459 e. The number of nitrogens with zero attached hydrogens (tertiary/aromatic N) is 2. The van der Waals surface area contributed by atoms with Crippen molar-refractivity contribution in [3.8, 4) is 0 Å². The summed E-state index contributed by atoms with van der Waals surface area (Å²) in [6, 6.07) is 7.69. The number of aromatic nitrogens is 1. The Morgan fingerprint density at radius 1 is 1.16 bits per heavy atom. The monoisotopic (exact) mass is 511 g/mol. The summed E-state index contributed by atoms with van der Waals surface area (Å²) in [7, 11) is 1.77. The van der Waals surface area contributed by atoms with Gasteiger partial charge in [-0.25, -0.2) is 0 Å². The third-order valence-electron chi connectivity index (χ3n) is 6.34. The van der Waals surface area contributed by atoms with E-state index in [4.69, 9.17) is 14.5 Å². The van der Waals surface area contributed by atoms with Crippen LogP contribution in [0.25, 0.3) is 0 Å². The Balaban J connectivity index is 0.00000235. The first-order chi connectivity index (χ1) is 17.6. The van der Waals surface area contributed by atoms with Crippen molar-refractivity contribution >= 4 is 17.4 Å². The molecule has 1 saturated heterocycles. The number of benzene rings is 1. The van der Waals surface area contributed by atoms with Crippen LogP contribution in [0, 0.1) is 25.7 Å². The van der Waals surface area contributed by atoms with Crippen molar-refractivity contribution in [3.05, 3.63) is 63.1 Å². The molecule has 0 aliphatic carbocycles. The molecule has 37 heavy (non-hydrogen) atoms. The van der Waals surface area contributed by atoms with Gasteiger partial charge in [0.25, 0.3) is 5.56 Å². The molecule has 2 heterocycles. The second kappa shape index (κ2) is 14.2. The maximum absolute atomic E-state index is 12.8. The fraction of sp³-hybridized carbons (Fsp3) is 0.567. The van der Waals surface area contributed by atoms with Gasteiger partial charge in [0.2, 0.25) is 0 Å². The first-order valence-electron chi connectivity index (χ1n) is 13.4. The van der Waals surface area contributed by atoms with Crippen LogP contribution in [0.4, 0.5) is 5.69 Å². The highest BCUT2D eigenvalue weighted by Gasteiger charge is 2.28. The lowest BCUT2D eigenvalue weighted by Crippen LogP contribution is -2.43. The average molecular weight is 512 g/mol. The average Bonchev–Trinajstić information content (AvgIpc) is 3.36. The van der Waals surface area contributed by atoms with E-state index in [1.807, 2.05) is 53.8 Å². The highest BCUT2D eigenvalue weighted by atomic mass is 16.6. The molecular formula is C30H45N3O4. The fourth-order valence-electron chi connectivity index (χ4n) is 4.22. The number of aliphatic imine (C=N–C) groups is 1. The number of ether oxygens (including phenoxy) is 2. The van der Waals surface area contributed by atoms with Gasteiger partial charge in [-0.3, -0.25) is 14.6 Å². The van der Waals surface area contributed by atoms with Crippen molar-refractivity contribution < 1.29 is 14.3 Å². The van der Waals surface area contributed by atoms with Crippen molar-refractivity contribution in [2.24, 2.45) is 23.9 Å². The van der Waals surface area contributed by atoms with E-state index >= 15 is 0 Å². The topological polar surface area (TPSA) is 81.9 Å². The molecule has 7 nitrogen and oxygen atoms in total. The first-order valence-corrected chi connectivity index (χ1v) is 13.4. The van der Waals surface area contributed by atoms with Crippen molar-refractivity contribution in [3.63, 3.8) is 0 Å². The Labute approximate surface area is 222 Å². The summed E-state index contributed by atoms with van der Waals surface area (Å²) < 4.78 is 12.6. The van der Waals surface area contributed by atoms with Crippen LogP contribution in [0.15, 0.2) is 40.2 Å². The van der Waals surface area contributed by atoms with Crippen LogP contribution < -0.4 is 10.9 Å². The molecular weight excluding hydrogens is 466 g/mol. The van der Waals surface area contributed by atoms with Gasteiger partial charge in [-0.15, -0.1) is 0 Å². The van der Waals surface area contributed by atoms with Crippen molar-refractivity contribution in [2.45, 2.75) is 80.5 Å². The minimum absolute atomic E-state index is 0.000186. The van der Waals surface area contributed by atoms with Gasteiger partial charge >= 0.3 is 5.97 Å². The number of hydrogen-bond acceptors (Lipinski definition) is 6. The molecule has 1 aromatic heterocycles. The lowest BCUT2D eigenvalue weighted by Gasteiger charge is -2.23. The molecule has 1 aliphatic rings. The Kier molecular flexibility index (Phi) is 11.7. The molecule has 0 amide bonds. The zero-order valence-corrected chi connectivity index (χ0v) is 24.1. The number of carbonyl (C=O) groups excluding carboxylic acids is 1. The van der Waals surface area contributed by atoms with Crippen molar-refractivity contribution in [1.82, 2.24) is 9.88 Å². The van der Waals surface area contributed by atoms with Gasteiger partial charge in [0, 0.05) is 37.3 Å². The van der Waals surface area contributed by atoms with Gasteiger partial charge in [0.05, 0.1) is 24.6 Å². The molecule has 1 aromatic carbocycles. The van der Waals surface area contributed by atoms with E-state index < -0.39 is 6.04 Å². The van der Waals surface area contributed by atoms with E-state index in [-0.39, 0.29) is 29.5 Å². The zero-order valence-electron chi connectivity index (χ0n) is 24.1. The quantitative estimate of drug-likeness (QED) is 0.367. The van der Waals surface area contributed by atoms with Crippen LogP contribution in [0.3, 0.4) is 0 Å². The molecule has 3 rings (SSSR count). The van der Waals surface area contributed by atoms with E-state index in [0.717, 1.165) is 34.5 Å². The summed E-state index contributed by atoms with van der Waals surface area (Å²) in [4.78, 5) is 30.0. The standard InChI is InChI=1S/C28H39N3O4.C2H6/c1-17(2)25(22-12-20(6)27(32)31(7)15-22)30-24-13-21(9-8-19(24)5)14-29-26(18(3)4)28(33)35-23-10-11-34-16-23;1-2/h8-9,12-13,15,17-18,23,26,29H,10-11,14,16H2,1-7H3;1-2H3. The number of rotatable bonds is 9. The molecule has 2 unspecified atom stereocenters. The van der Waals surface area contributed by atoms with E-state index in [9.17, 15) is 9.59 Å². The van der Waals surface area contributed by atoms with Gasteiger partial charge in [-0.05, 0) is 48.9 Å². The number of hydrogen-bond donors (Lipinski definition) is 1. The Morgan fingerprint density at radius 2 is 1.86 bits per heavy atom.